The molecule has 1 aliphatic heterocycles. The third kappa shape index (κ3) is 5.60. The van der Waals surface area contributed by atoms with Crippen molar-refractivity contribution in [3.05, 3.63) is 65.7 Å². The number of likely N-dealkylation sites (tertiary alicyclic amines) is 1. The number of carbonyl (C=O) groups is 1. The summed E-state index contributed by atoms with van der Waals surface area (Å²) in [6.07, 6.45) is 6.48. The van der Waals surface area contributed by atoms with Crippen molar-refractivity contribution < 1.29 is 9.18 Å². The third-order valence-electron chi connectivity index (χ3n) is 5.28. The van der Waals surface area contributed by atoms with Gasteiger partial charge in [0.2, 0.25) is 0 Å². The first-order chi connectivity index (χ1) is 13.2. The summed E-state index contributed by atoms with van der Waals surface area (Å²) in [5.41, 5.74) is 1.74. The van der Waals surface area contributed by atoms with Crippen LogP contribution in [-0.2, 0) is 6.42 Å². The number of benzene rings is 1. The summed E-state index contributed by atoms with van der Waals surface area (Å²) in [5, 5.41) is 0. The lowest BCUT2D eigenvalue weighted by molar-refractivity contribution is 0.0690. The molecular formula is C22H28FN3O. The minimum absolute atomic E-state index is 0.0804. The molecule has 0 aliphatic carbocycles. The Morgan fingerprint density at radius 3 is 2.85 bits per heavy atom. The van der Waals surface area contributed by atoms with Crippen molar-refractivity contribution in [1.29, 1.82) is 0 Å². The Bertz CT molecular complexity index is 737. The lowest BCUT2D eigenvalue weighted by Crippen LogP contribution is -2.43. The number of hydrogen-bond acceptors (Lipinski definition) is 3. The van der Waals surface area contributed by atoms with Crippen LogP contribution in [-0.4, -0.2) is 53.4 Å². The van der Waals surface area contributed by atoms with Crippen molar-refractivity contribution in [2.75, 3.05) is 32.7 Å². The number of hydrogen-bond donors (Lipinski definition) is 0. The Morgan fingerprint density at radius 1 is 1.30 bits per heavy atom. The van der Waals surface area contributed by atoms with Gasteiger partial charge in [0.25, 0.3) is 5.91 Å². The van der Waals surface area contributed by atoms with E-state index in [1.165, 1.54) is 6.07 Å². The first-order valence-corrected chi connectivity index (χ1v) is 9.82. The predicted octanol–water partition coefficient (Wildman–Crippen LogP) is 3.64. The van der Waals surface area contributed by atoms with Crippen molar-refractivity contribution in [3.63, 3.8) is 0 Å². The lowest BCUT2D eigenvalue weighted by Gasteiger charge is -2.35. The molecule has 0 bridgehead atoms. The fourth-order valence-electron chi connectivity index (χ4n) is 3.83. The number of halogens is 1. The standard InChI is InChI=1S/C22H28FN3O/c1-2-26(22(27)20-8-11-24-12-9-20)17-19-6-4-13-25(16-19)14-10-18-5-3-7-21(23)15-18/h3,5,7-9,11-12,15,19H,2,4,6,10,13-14,16-17H2,1H3/t19-/m0/s1. The van der Waals surface area contributed by atoms with Gasteiger partial charge in [-0.25, -0.2) is 4.39 Å². The van der Waals surface area contributed by atoms with Crippen LogP contribution in [0.25, 0.3) is 0 Å². The Labute approximate surface area is 161 Å². The molecular weight excluding hydrogens is 341 g/mol. The van der Waals surface area contributed by atoms with Crippen LogP contribution in [0.1, 0.15) is 35.7 Å². The van der Waals surface area contributed by atoms with Gasteiger partial charge in [-0.05, 0) is 68.5 Å². The molecule has 0 radical (unpaired) electrons. The van der Waals surface area contributed by atoms with Gasteiger partial charge in [-0.3, -0.25) is 9.78 Å². The normalized spacial score (nSPS) is 17.6. The van der Waals surface area contributed by atoms with E-state index in [9.17, 15) is 9.18 Å². The van der Waals surface area contributed by atoms with E-state index < -0.39 is 0 Å². The van der Waals surface area contributed by atoms with Gasteiger partial charge in [0.15, 0.2) is 0 Å². The third-order valence-corrected chi connectivity index (χ3v) is 5.28. The van der Waals surface area contributed by atoms with Crippen molar-refractivity contribution in [1.82, 2.24) is 14.8 Å². The summed E-state index contributed by atoms with van der Waals surface area (Å²) in [6.45, 7) is 6.54. The van der Waals surface area contributed by atoms with E-state index in [-0.39, 0.29) is 11.7 Å². The maximum atomic E-state index is 13.3. The van der Waals surface area contributed by atoms with Gasteiger partial charge in [0.05, 0.1) is 0 Å². The molecule has 2 aromatic rings. The molecule has 27 heavy (non-hydrogen) atoms. The minimum Gasteiger partial charge on any atom is -0.339 e. The summed E-state index contributed by atoms with van der Waals surface area (Å²) in [6, 6.07) is 10.4. The molecule has 0 unspecified atom stereocenters. The predicted molar refractivity (Wildman–Crippen MR) is 105 cm³/mol. The topological polar surface area (TPSA) is 36.4 Å². The molecule has 1 fully saturated rings. The molecule has 3 rings (SSSR count). The highest BCUT2D eigenvalue weighted by molar-refractivity contribution is 5.94. The number of pyridine rings is 1. The Balaban J connectivity index is 1.53. The van der Waals surface area contributed by atoms with Gasteiger partial charge >= 0.3 is 0 Å². The second-order valence-corrected chi connectivity index (χ2v) is 7.27. The molecule has 1 saturated heterocycles. The molecule has 1 aliphatic rings. The van der Waals surface area contributed by atoms with Crippen LogP contribution in [0.15, 0.2) is 48.8 Å². The van der Waals surface area contributed by atoms with Gasteiger partial charge in [-0.2, -0.15) is 0 Å². The smallest absolute Gasteiger partial charge is 0.253 e. The maximum absolute atomic E-state index is 13.3. The van der Waals surface area contributed by atoms with E-state index in [0.717, 1.165) is 51.0 Å². The van der Waals surface area contributed by atoms with E-state index in [1.807, 2.05) is 17.9 Å². The first kappa shape index (κ1) is 19.5. The summed E-state index contributed by atoms with van der Waals surface area (Å²) in [7, 11) is 0. The molecule has 2 heterocycles. The first-order valence-electron chi connectivity index (χ1n) is 9.82. The zero-order valence-electron chi connectivity index (χ0n) is 16.0. The molecule has 1 aromatic heterocycles. The fraction of sp³-hybridized carbons (Fsp3) is 0.455. The molecule has 0 N–H and O–H groups in total. The van der Waals surface area contributed by atoms with Gasteiger partial charge < -0.3 is 9.80 Å². The maximum Gasteiger partial charge on any atom is 0.253 e. The van der Waals surface area contributed by atoms with Crippen LogP contribution in [0.2, 0.25) is 0 Å². The van der Waals surface area contributed by atoms with Crippen LogP contribution >= 0.6 is 0 Å². The van der Waals surface area contributed by atoms with Gasteiger partial charge in [0, 0.05) is 44.1 Å². The molecule has 5 heteroatoms. The minimum atomic E-state index is -0.169. The van der Waals surface area contributed by atoms with Crippen LogP contribution in [0, 0.1) is 11.7 Å². The summed E-state index contributed by atoms with van der Waals surface area (Å²) < 4.78 is 13.3. The zero-order chi connectivity index (χ0) is 19.1. The van der Waals surface area contributed by atoms with Crippen LogP contribution in [0.5, 0.6) is 0 Å². The van der Waals surface area contributed by atoms with Crippen molar-refractivity contribution in [2.24, 2.45) is 5.92 Å². The zero-order valence-corrected chi connectivity index (χ0v) is 16.0. The van der Waals surface area contributed by atoms with Crippen LogP contribution < -0.4 is 0 Å². The summed E-state index contributed by atoms with van der Waals surface area (Å²) in [4.78, 5) is 21.1. The highest BCUT2D eigenvalue weighted by atomic mass is 19.1. The second-order valence-electron chi connectivity index (χ2n) is 7.27. The molecule has 0 saturated carbocycles. The second kappa shape index (κ2) is 9.60. The molecule has 144 valence electrons. The highest BCUT2D eigenvalue weighted by Gasteiger charge is 2.24. The van der Waals surface area contributed by atoms with E-state index in [1.54, 1.807) is 36.7 Å². The van der Waals surface area contributed by atoms with Gasteiger partial charge in [-0.15, -0.1) is 0 Å². The van der Waals surface area contributed by atoms with E-state index in [2.05, 4.69) is 9.88 Å². The number of nitrogens with zero attached hydrogens (tertiary/aromatic N) is 3. The van der Waals surface area contributed by atoms with Gasteiger partial charge in [-0.1, -0.05) is 12.1 Å². The highest BCUT2D eigenvalue weighted by Crippen LogP contribution is 2.19. The molecule has 1 atom stereocenters. The summed E-state index contributed by atoms with van der Waals surface area (Å²) >= 11 is 0. The van der Waals surface area contributed by atoms with Crippen molar-refractivity contribution >= 4 is 5.91 Å². The average Bonchev–Trinajstić information content (AvgIpc) is 2.71. The number of carbonyl (C=O) groups excluding carboxylic acids is 1. The van der Waals surface area contributed by atoms with Crippen LogP contribution in [0.3, 0.4) is 0 Å². The number of rotatable bonds is 7. The Morgan fingerprint density at radius 2 is 2.11 bits per heavy atom. The fourth-order valence-corrected chi connectivity index (χ4v) is 3.83. The quantitative estimate of drug-likeness (QED) is 0.748. The number of piperidine rings is 1. The lowest BCUT2D eigenvalue weighted by atomic mass is 9.96. The van der Waals surface area contributed by atoms with Crippen molar-refractivity contribution in [3.8, 4) is 0 Å². The summed E-state index contributed by atoms with van der Waals surface area (Å²) in [5.74, 6) is 0.394. The van der Waals surface area contributed by atoms with Gasteiger partial charge in [0.1, 0.15) is 5.82 Å². The molecule has 0 spiro atoms. The SMILES string of the molecule is CCN(C[C@H]1CCCN(CCc2cccc(F)c2)C1)C(=O)c1ccncc1. The average molecular weight is 369 g/mol. The van der Waals surface area contributed by atoms with Crippen molar-refractivity contribution in [2.45, 2.75) is 26.2 Å². The Kier molecular flexibility index (Phi) is 6.93. The largest absolute Gasteiger partial charge is 0.339 e. The molecule has 4 nitrogen and oxygen atoms in total. The number of aromatic nitrogens is 1. The molecule has 1 amide bonds. The number of amides is 1. The van der Waals surface area contributed by atoms with Crippen LogP contribution in [0.4, 0.5) is 4.39 Å². The molecule has 1 aromatic carbocycles. The van der Waals surface area contributed by atoms with E-state index >= 15 is 0 Å². The van der Waals surface area contributed by atoms with E-state index in [0.29, 0.717) is 18.0 Å². The Hall–Kier alpha value is -2.27. The van der Waals surface area contributed by atoms with E-state index in [4.69, 9.17) is 0 Å². The monoisotopic (exact) mass is 369 g/mol.